The van der Waals surface area contributed by atoms with Crippen LogP contribution in [0.1, 0.15) is 33.2 Å². The minimum atomic E-state index is 0.00892. The molecule has 0 aromatic heterocycles. The molecular weight excluding hydrogens is 284 g/mol. The first-order chi connectivity index (χ1) is 11.1. The predicted molar refractivity (Wildman–Crippen MR) is 91.8 cm³/mol. The molecule has 0 heterocycles. The lowest BCUT2D eigenvalue weighted by Crippen LogP contribution is -2.00. The van der Waals surface area contributed by atoms with E-state index in [0.29, 0.717) is 16.7 Å². The van der Waals surface area contributed by atoms with Gasteiger partial charge in [0.15, 0.2) is 11.6 Å². The highest BCUT2D eigenvalue weighted by molar-refractivity contribution is 6.09. The highest BCUT2D eigenvalue weighted by atomic mass is 16.1. The molecule has 0 spiro atoms. The molecule has 0 aliphatic carbocycles. The minimum Gasteiger partial charge on any atom is -0.295 e. The smallest absolute Gasteiger partial charge is 0.193 e. The van der Waals surface area contributed by atoms with Crippen molar-refractivity contribution in [3.63, 3.8) is 0 Å². The van der Waals surface area contributed by atoms with Crippen molar-refractivity contribution in [3.8, 4) is 11.1 Å². The van der Waals surface area contributed by atoms with E-state index in [-0.39, 0.29) is 11.6 Å². The molecule has 0 aliphatic rings. The van der Waals surface area contributed by atoms with E-state index in [9.17, 15) is 9.59 Å². The highest BCUT2D eigenvalue weighted by Crippen LogP contribution is 2.22. The Labute approximate surface area is 135 Å². The number of hydrogen-bond donors (Lipinski definition) is 0. The molecule has 3 aromatic rings. The van der Waals surface area contributed by atoms with Crippen LogP contribution in [0.5, 0.6) is 0 Å². The Morgan fingerprint density at radius 3 is 1.87 bits per heavy atom. The average molecular weight is 300 g/mol. The Balaban J connectivity index is 1.89. The third kappa shape index (κ3) is 3.27. The van der Waals surface area contributed by atoms with Gasteiger partial charge in [-0.25, -0.2) is 0 Å². The molecule has 0 radical (unpaired) electrons. The lowest BCUT2D eigenvalue weighted by Gasteiger charge is -2.06. The maximum atomic E-state index is 12.4. The number of benzene rings is 3. The van der Waals surface area contributed by atoms with Crippen LogP contribution in [0, 0.1) is 0 Å². The molecule has 0 N–H and O–H groups in total. The first-order valence-electron chi connectivity index (χ1n) is 7.46. The van der Waals surface area contributed by atoms with Crippen LogP contribution >= 0.6 is 0 Å². The summed E-state index contributed by atoms with van der Waals surface area (Å²) in [6, 6.07) is 24.2. The summed E-state index contributed by atoms with van der Waals surface area (Å²) in [6.45, 7) is 1.56. The summed E-state index contributed by atoms with van der Waals surface area (Å²) in [5.74, 6) is 0.0531. The largest absolute Gasteiger partial charge is 0.295 e. The van der Waals surface area contributed by atoms with Gasteiger partial charge < -0.3 is 0 Å². The second-order valence-corrected chi connectivity index (χ2v) is 5.41. The molecule has 0 unspecified atom stereocenters. The maximum Gasteiger partial charge on any atom is 0.193 e. The quantitative estimate of drug-likeness (QED) is 0.649. The Kier molecular flexibility index (Phi) is 4.15. The van der Waals surface area contributed by atoms with Crippen LogP contribution in [0.2, 0.25) is 0 Å². The predicted octanol–water partition coefficient (Wildman–Crippen LogP) is 4.79. The van der Waals surface area contributed by atoms with Crippen molar-refractivity contribution in [3.05, 3.63) is 95.6 Å². The molecule has 112 valence electrons. The summed E-state index contributed by atoms with van der Waals surface area (Å²) in [5, 5.41) is 0. The van der Waals surface area contributed by atoms with Gasteiger partial charge in [-0.2, -0.15) is 0 Å². The molecule has 2 nitrogen and oxygen atoms in total. The zero-order chi connectivity index (χ0) is 16.2. The van der Waals surface area contributed by atoms with Crippen LogP contribution in [0.3, 0.4) is 0 Å². The fraction of sp³-hybridized carbons (Fsp3) is 0.0476. The van der Waals surface area contributed by atoms with Crippen molar-refractivity contribution >= 4 is 11.6 Å². The molecule has 0 bridgehead atoms. The van der Waals surface area contributed by atoms with E-state index in [1.165, 1.54) is 0 Å². The zero-order valence-corrected chi connectivity index (χ0v) is 12.8. The third-order valence-electron chi connectivity index (χ3n) is 3.79. The van der Waals surface area contributed by atoms with Crippen LogP contribution in [-0.4, -0.2) is 11.6 Å². The molecule has 2 heteroatoms. The summed E-state index contributed by atoms with van der Waals surface area (Å²) < 4.78 is 0. The summed E-state index contributed by atoms with van der Waals surface area (Å²) in [6.07, 6.45) is 0. The molecule has 23 heavy (non-hydrogen) atoms. The Morgan fingerprint density at radius 2 is 1.22 bits per heavy atom. The summed E-state index contributed by atoms with van der Waals surface area (Å²) in [7, 11) is 0. The van der Waals surface area contributed by atoms with Crippen LogP contribution < -0.4 is 0 Å². The summed E-state index contributed by atoms with van der Waals surface area (Å²) in [5.41, 5.74) is 3.97. The van der Waals surface area contributed by atoms with Gasteiger partial charge in [0.2, 0.25) is 0 Å². The normalized spacial score (nSPS) is 10.3. The monoisotopic (exact) mass is 300 g/mol. The van der Waals surface area contributed by atoms with Crippen molar-refractivity contribution in [1.82, 2.24) is 0 Å². The van der Waals surface area contributed by atoms with Crippen LogP contribution in [-0.2, 0) is 0 Å². The van der Waals surface area contributed by atoms with Crippen LogP contribution in [0.15, 0.2) is 78.9 Å². The van der Waals surface area contributed by atoms with Crippen molar-refractivity contribution in [2.24, 2.45) is 0 Å². The van der Waals surface area contributed by atoms with Gasteiger partial charge in [0.05, 0.1) is 0 Å². The lowest BCUT2D eigenvalue weighted by molar-refractivity contribution is 0.101. The van der Waals surface area contributed by atoms with Gasteiger partial charge in [-0.1, -0.05) is 72.8 Å². The second-order valence-electron chi connectivity index (χ2n) is 5.41. The first kappa shape index (κ1) is 14.9. The lowest BCUT2D eigenvalue weighted by atomic mass is 9.98. The standard InChI is InChI=1S/C21H16O2/c1-15(22)19-8-5-9-20(14-19)16-10-12-18(13-11-16)21(23)17-6-3-2-4-7-17/h2-14H,1H3. The number of carbonyl (C=O) groups excluding carboxylic acids is 2. The van der Waals surface area contributed by atoms with Gasteiger partial charge in [0, 0.05) is 16.7 Å². The third-order valence-corrected chi connectivity index (χ3v) is 3.79. The Morgan fingerprint density at radius 1 is 0.609 bits per heavy atom. The van der Waals surface area contributed by atoms with E-state index in [0.717, 1.165) is 11.1 Å². The van der Waals surface area contributed by atoms with Crippen LogP contribution in [0.4, 0.5) is 0 Å². The van der Waals surface area contributed by atoms with Crippen molar-refractivity contribution in [2.45, 2.75) is 6.92 Å². The minimum absolute atomic E-state index is 0.00892. The molecular formula is C21H16O2. The molecule has 0 saturated carbocycles. The van der Waals surface area contributed by atoms with Crippen molar-refractivity contribution in [1.29, 1.82) is 0 Å². The molecule has 0 amide bonds. The van der Waals surface area contributed by atoms with Gasteiger partial charge in [-0.15, -0.1) is 0 Å². The van der Waals surface area contributed by atoms with E-state index in [1.807, 2.05) is 72.8 Å². The van der Waals surface area contributed by atoms with Crippen LogP contribution in [0.25, 0.3) is 11.1 Å². The summed E-state index contributed by atoms with van der Waals surface area (Å²) >= 11 is 0. The van der Waals surface area contributed by atoms with E-state index in [1.54, 1.807) is 13.0 Å². The Bertz CT molecular complexity index is 847. The molecule has 0 fully saturated rings. The van der Waals surface area contributed by atoms with E-state index in [2.05, 4.69) is 0 Å². The van der Waals surface area contributed by atoms with Gasteiger partial charge >= 0.3 is 0 Å². The molecule has 0 atom stereocenters. The van der Waals surface area contributed by atoms with E-state index < -0.39 is 0 Å². The average Bonchev–Trinajstić information content (AvgIpc) is 2.62. The second kappa shape index (κ2) is 6.41. The van der Waals surface area contributed by atoms with E-state index >= 15 is 0 Å². The molecule has 0 aliphatic heterocycles. The zero-order valence-electron chi connectivity index (χ0n) is 12.8. The molecule has 3 aromatic carbocycles. The van der Waals surface area contributed by atoms with Gasteiger partial charge in [0.1, 0.15) is 0 Å². The number of rotatable bonds is 4. The fourth-order valence-corrected chi connectivity index (χ4v) is 2.49. The van der Waals surface area contributed by atoms with Crippen molar-refractivity contribution < 1.29 is 9.59 Å². The van der Waals surface area contributed by atoms with E-state index in [4.69, 9.17) is 0 Å². The first-order valence-corrected chi connectivity index (χ1v) is 7.46. The van der Waals surface area contributed by atoms with Crippen molar-refractivity contribution in [2.75, 3.05) is 0 Å². The highest BCUT2D eigenvalue weighted by Gasteiger charge is 2.09. The number of carbonyl (C=O) groups is 2. The molecule has 0 saturated heterocycles. The molecule has 3 rings (SSSR count). The summed E-state index contributed by atoms with van der Waals surface area (Å²) in [4.78, 5) is 23.9. The topological polar surface area (TPSA) is 34.1 Å². The van der Waals surface area contributed by atoms with Gasteiger partial charge in [-0.05, 0) is 24.1 Å². The van der Waals surface area contributed by atoms with Gasteiger partial charge in [0.25, 0.3) is 0 Å². The number of Topliss-reactive ketones (excluding diaryl/α,β-unsaturated/α-hetero) is 1. The SMILES string of the molecule is CC(=O)c1cccc(-c2ccc(C(=O)c3ccccc3)cc2)c1. The Hall–Kier alpha value is -3.00. The maximum absolute atomic E-state index is 12.4. The number of hydrogen-bond acceptors (Lipinski definition) is 2. The van der Waals surface area contributed by atoms with Gasteiger partial charge in [-0.3, -0.25) is 9.59 Å². The number of ketones is 2. The fourth-order valence-electron chi connectivity index (χ4n) is 2.49.